The van der Waals surface area contributed by atoms with Gasteiger partial charge in [-0.2, -0.15) is 0 Å². The van der Waals surface area contributed by atoms with E-state index in [9.17, 15) is 19.2 Å². The lowest BCUT2D eigenvalue weighted by Crippen LogP contribution is -2.62. The molecule has 4 saturated carbocycles. The van der Waals surface area contributed by atoms with Crippen LogP contribution >= 0.6 is 0 Å². The zero-order valence-corrected chi connectivity index (χ0v) is 34.6. The van der Waals surface area contributed by atoms with E-state index < -0.39 is 41.1 Å². The maximum absolute atomic E-state index is 15.0. The Morgan fingerprint density at radius 2 is 1.46 bits per heavy atom. The molecule has 2 saturated heterocycles. The number of hydrogen-bond donors (Lipinski definition) is 4. The van der Waals surface area contributed by atoms with E-state index in [4.69, 9.17) is 5.73 Å². The fraction of sp³-hybridized carbons (Fsp3) is 0.881. The molecule has 0 aromatic rings. The first-order valence-corrected chi connectivity index (χ1v) is 21.3. The van der Waals surface area contributed by atoms with Gasteiger partial charge in [-0.25, -0.2) is 4.79 Å². The standard InChI is InChI=1S/C42H71N7O5/c1-26-22-48(23-27(2)47(26)8)24-31(29-16-10-9-11-17-29)45-38(54)46-34(39(3,4)5)37(53)49-25-42(40(6,7)41(42)18-13-19-41)21-32(49)36(52)44-30(33(50)35(43)51)20-28-14-12-15-28/h26-32,34H,9-25H2,1-8H3,(H2,43,51)(H,44,52)(H2,45,46,54)/t26-,27+,30?,31-,32+,34-,42-/m1/s1. The Bertz CT molecular complexity index is 1430. The Balaban J connectivity index is 1.22. The first kappa shape index (κ1) is 40.9. The van der Waals surface area contributed by atoms with Gasteiger partial charge >= 0.3 is 6.03 Å². The van der Waals surface area contributed by atoms with Crippen LogP contribution in [0.5, 0.6) is 0 Å². The number of Topliss-reactive ketones (excluding diaryl/α,β-unsaturated/α-hetero) is 1. The second-order valence-corrected chi connectivity index (χ2v) is 20.2. The van der Waals surface area contributed by atoms with Crippen LogP contribution in [0.1, 0.15) is 132 Å². The van der Waals surface area contributed by atoms with Crippen molar-refractivity contribution in [2.45, 2.75) is 168 Å². The van der Waals surface area contributed by atoms with Gasteiger partial charge in [0, 0.05) is 49.7 Å². The summed E-state index contributed by atoms with van der Waals surface area (Å²) in [5.41, 5.74) is 4.57. The Morgan fingerprint density at radius 3 is 1.96 bits per heavy atom. The predicted octanol–water partition coefficient (Wildman–Crippen LogP) is 4.20. The Kier molecular flexibility index (Phi) is 11.6. The minimum Gasteiger partial charge on any atom is -0.363 e. The van der Waals surface area contributed by atoms with Gasteiger partial charge in [0.15, 0.2) is 0 Å². The number of fused-ring (bicyclic) bond motifs is 1. The van der Waals surface area contributed by atoms with Gasteiger partial charge in [-0.1, -0.05) is 79.6 Å². The summed E-state index contributed by atoms with van der Waals surface area (Å²) in [6.07, 6.45) is 12.8. The lowest BCUT2D eigenvalue weighted by molar-refractivity contribution is -0.143. The molecule has 0 radical (unpaired) electrons. The molecular weight excluding hydrogens is 683 g/mol. The van der Waals surface area contributed by atoms with Crippen molar-refractivity contribution in [1.29, 1.82) is 0 Å². The van der Waals surface area contributed by atoms with Crippen molar-refractivity contribution in [3.8, 4) is 0 Å². The molecule has 12 nitrogen and oxygen atoms in total. The third-order valence-corrected chi connectivity index (χ3v) is 15.9. The number of likely N-dealkylation sites (N-methyl/N-ethyl adjacent to an activating group) is 1. The zero-order chi connectivity index (χ0) is 39.4. The molecule has 1 unspecified atom stereocenters. The number of likely N-dealkylation sites (tertiary alicyclic amines) is 1. The number of urea groups is 1. The molecular formula is C42H71N7O5. The van der Waals surface area contributed by atoms with Gasteiger partial charge in [-0.05, 0) is 87.5 Å². The van der Waals surface area contributed by atoms with E-state index in [1.165, 1.54) is 6.42 Å². The van der Waals surface area contributed by atoms with Crippen LogP contribution in [0, 0.1) is 33.5 Å². The van der Waals surface area contributed by atoms with Crippen molar-refractivity contribution in [3.05, 3.63) is 0 Å². The van der Waals surface area contributed by atoms with Crippen LogP contribution in [0.3, 0.4) is 0 Å². The molecule has 4 aliphatic carbocycles. The molecule has 6 rings (SSSR count). The lowest BCUT2D eigenvalue weighted by Gasteiger charge is -2.44. The van der Waals surface area contributed by atoms with Crippen molar-refractivity contribution >= 4 is 29.5 Å². The third-order valence-electron chi connectivity index (χ3n) is 15.9. The highest BCUT2D eigenvalue weighted by Gasteiger charge is 2.85. The highest BCUT2D eigenvalue weighted by atomic mass is 16.2. The second kappa shape index (κ2) is 15.3. The molecule has 2 heterocycles. The fourth-order valence-corrected chi connectivity index (χ4v) is 11.7. The Hall–Kier alpha value is -2.73. The fourth-order valence-electron chi connectivity index (χ4n) is 11.7. The van der Waals surface area contributed by atoms with Gasteiger partial charge in [0.1, 0.15) is 12.1 Å². The molecule has 54 heavy (non-hydrogen) atoms. The molecule has 304 valence electrons. The Morgan fingerprint density at radius 1 is 0.833 bits per heavy atom. The van der Waals surface area contributed by atoms with Crippen molar-refractivity contribution in [2.75, 3.05) is 33.2 Å². The first-order chi connectivity index (χ1) is 25.3. The molecule has 2 aliphatic heterocycles. The topological polar surface area (TPSA) is 157 Å². The maximum Gasteiger partial charge on any atom is 0.315 e. The van der Waals surface area contributed by atoms with Crippen molar-refractivity contribution < 1.29 is 24.0 Å². The summed E-state index contributed by atoms with van der Waals surface area (Å²) in [5.74, 6) is -1.92. The molecule has 6 fully saturated rings. The predicted molar refractivity (Wildman–Crippen MR) is 209 cm³/mol. The summed E-state index contributed by atoms with van der Waals surface area (Å²) in [6, 6.07) is -2.28. The molecule has 2 spiro atoms. The maximum atomic E-state index is 15.0. The van der Waals surface area contributed by atoms with Gasteiger partial charge in [0.05, 0.1) is 6.04 Å². The van der Waals surface area contributed by atoms with Crippen LogP contribution in [-0.4, -0.2) is 114 Å². The summed E-state index contributed by atoms with van der Waals surface area (Å²) in [6.45, 7) is 18.0. The molecule has 12 heteroatoms. The molecule has 0 aromatic carbocycles. The number of nitrogens with two attached hydrogens (primary N) is 1. The minimum atomic E-state index is -1.06. The summed E-state index contributed by atoms with van der Waals surface area (Å²) in [5, 5.41) is 9.43. The van der Waals surface area contributed by atoms with Gasteiger partial charge in [0.2, 0.25) is 17.6 Å². The van der Waals surface area contributed by atoms with Crippen LogP contribution in [0.15, 0.2) is 0 Å². The number of primary amides is 1. The van der Waals surface area contributed by atoms with Crippen LogP contribution in [0.25, 0.3) is 0 Å². The number of rotatable bonds is 12. The SMILES string of the molecule is C[C@@H]1CN(C[C@@H](NC(=O)N[C@H](C(=O)N2C[C@]3(C[C@H]2C(=O)NC(CC2CCC2)C(=O)C(N)=O)C(C)(C)C32CCC2)C(C)(C)C)C2CCCCC2)C[C@H](C)N1C. The van der Waals surface area contributed by atoms with Crippen LogP contribution < -0.4 is 21.7 Å². The minimum absolute atomic E-state index is 0.0430. The van der Waals surface area contributed by atoms with Crippen molar-refractivity contribution in [1.82, 2.24) is 30.7 Å². The summed E-state index contributed by atoms with van der Waals surface area (Å²) >= 11 is 0. The summed E-state index contributed by atoms with van der Waals surface area (Å²) < 4.78 is 0. The second-order valence-electron chi connectivity index (χ2n) is 20.2. The number of piperazine rings is 1. The summed E-state index contributed by atoms with van der Waals surface area (Å²) in [4.78, 5) is 75.2. The van der Waals surface area contributed by atoms with E-state index in [1.54, 1.807) is 4.90 Å². The van der Waals surface area contributed by atoms with Gasteiger partial charge < -0.3 is 26.6 Å². The molecule has 6 aliphatic rings. The van der Waals surface area contributed by atoms with E-state index in [0.717, 1.165) is 83.8 Å². The summed E-state index contributed by atoms with van der Waals surface area (Å²) in [7, 11) is 2.18. The van der Waals surface area contributed by atoms with Crippen LogP contribution in [0.2, 0.25) is 0 Å². The van der Waals surface area contributed by atoms with Gasteiger partial charge in [0.25, 0.3) is 5.91 Å². The van der Waals surface area contributed by atoms with Crippen molar-refractivity contribution in [3.63, 3.8) is 0 Å². The average molecular weight is 754 g/mol. The number of amides is 5. The molecule has 5 N–H and O–H groups in total. The van der Waals surface area contributed by atoms with E-state index in [0.29, 0.717) is 37.4 Å². The van der Waals surface area contributed by atoms with Crippen LogP contribution in [-0.2, 0) is 19.2 Å². The first-order valence-electron chi connectivity index (χ1n) is 21.3. The highest BCUT2D eigenvalue weighted by molar-refractivity contribution is 6.37. The lowest BCUT2D eigenvalue weighted by atomic mass is 9.73. The number of carbonyl (C=O) groups excluding carboxylic acids is 5. The van der Waals surface area contributed by atoms with Crippen LogP contribution in [0.4, 0.5) is 4.79 Å². The van der Waals surface area contributed by atoms with E-state index in [-0.39, 0.29) is 40.1 Å². The van der Waals surface area contributed by atoms with E-state index in [1.807, 2.05) is 20.8 Å². The zero-order valence-electron chi connectivity index (χ0n) is 34.6. The number of hydrogen-bond acceptors (Lipinski definition) is 7. The number of nitrogens with one attached hydrogen (secondary N) is 3. The average Bonchev–Trinajstić information content (AvgIpc) is 3.28. The van der Waals surface area contributed by atoms with Gasteiger partial charge in [-0.3, -0.25) is 29.0 Å². The smallest absolute Gasteiger partial charge is 0.315 e. The highest BCUT2D eigenvalue weighted by Crippen LogP contribution is 2.88. The number of carbonyl (C=O) groups is 5. The third kappa shape index (κ3) is 7.43. The Labute approximate surface area is 324 Å². The van der Waals surface area contributed by atoms with E-state index in [2.05, 4.69) is 60.5 Å². The molecule has 5 amide bonds. The van der Waals surface area contributed by atoms with E-state index >= 15 is 4.79 Å². The molecule has 7 atom stereocenters. The molecule has 0 aromatic heterocycles. The monoisotopic (exact) mass is 754 g/mol. The largest absolute Gasteiger partial charge is 0.363 e. The quantitative estimate of drug-likeness (QED) is 0.218. The van der Waals surface area contributed by atoms with Gasteiger partial charge in [-0.15, -0.1) is 0 Å². The normalized spacial score (nSPS) is 31.6. The number of ketones is 1. The number of nitrogens with zero attached hydrogens (tertiary/aromatic N) is 3. The molecule has 0 bridgehead atoms. The van der Waals surface area contributed by atoms with Crippen molar-refractivity contribution in [2.24, 2.45) is 39.2 Å².